The molecule has 4 nitrogen and oxygen atoms in total. The molecule has 0 aliphatic rings. The predicted molar refractivity (Wildman–Crippen MR) is 72.1 cm³/mol. The minimum Gasteiger partial charge on any atom is -0.463 e. The van der Waals surface area contributed by atoms with Crippen LogP contribution in [0.25, 0.3) is 0 Å². The Bertz CT molecular complexity index is 292. The van der Waals surface area contributed by atoms with Gasteiger partial charge in [-0.25, -0.2) is 0 Å². The Morgan fingerprint density at radius 2 is 1.89 bits per heavy atom. The molecule has 0 saturated carbocycles. The first-order valence-electron chi connectivity index (χ1n) is 6.41. The summed E-state index contributed by atoms with van der Waals surface area (Å²) in [4.78, 5) is 24.8. The third-order valence-electron chi connectivity index (χ3n) is 2.47. The summed E-state index contributed by atoms with van der Waals surface area (Å²) < 4.78 is 5.14. The molecule has 0 radical (unpaired) electrons. The van der Waals surface area contributed by atoms with Gasteiger partial charge in [-0.05, 0) is 33.3 Å². The Morgan fingerprint density at radius 1 is 1.28 bits per heavy atom. The lowest BCUT2D eigenvalue weighted by Crippen LogP contribution is -2.35. The van der Waals surface area contributed by atoms with Crippen LogP contribution < -0.4 is 0 Å². The van der Waals surface area contributed by atoms with E-state index in [2.05, 4.69) is 13.5 Å². The van der Waals surface area contributed by atoms with Gasteiger partial charge in [0, 0.05) is 6.54 Å². The van der Waals surface area contributed by atoms with Crippen LogP contribution in [-0.2, 0) is 14.3 Å². The zero-order valence-corrected chi connectivity index (χ0v) is 12.0. The fraction of sp³-hybridized carbons (Fsp3) is 0.714. The van der Waals surface area contributed by atoms with Gasteiger partial charge in [0.05, 0.1) is 12.0 Å². The predicted octanol–water partition coefficient (Wildman–Crippen LogP) is 2.39. The van der Waals surface area contributed by atoms with Crippen LogP contribution in [0.4, 0.5) is 0 Å². The van der Waals surface area contributed by atoms with Crippen molar-refractivity contribution in [3.8, 4) is 0 Å². The van der Waals surface area contributed by atoms with Crippen molar-refractivity contribution in [1.82, 2.24) is 4.90 Å². The lowest BCUT2D eigenvalue weighted by atomic mass is 9.97. The van der Waals surface area contributed by atoms with E-state index in [1.165, 1.54) is 6.08 Å². The number of carbonyl (C=O) groups excluding carboxylic acids is 2. The van der Waals surface area contributed by atoms with E-state index in [1.54, 1.807) is 25.7 Å². The van der Waals surface area contributed by atoms with Gasteiger partial charge in [0.25, 0.3) is 0 Å². The second kappa shape index (κ2) is 7.90. The number of hydrogen-bond donors (Lipinski definition) is 0. The van der Waals surface area contributed by atoms with Crippen molar-refractivity contribution in [3.05, 3.63) is 12.7 Å². The van der Waals surface area contributed by atoms with Crippen molar-refractivity contribution in [1.29, 1.82) is 0 Å². The molecule has 0 aliphatic carbocycles. The van der Waals surface area contributed by atoms with Gasteiger partial charge in [0.1, 0.15) is 6.61 Å². The molecule has 0 bridgehead atoms. The second-order valence-electron chi connectivity index (χ2n) is 5.27. The first kappa shape index (κ1) is 16.7. The number of unbranched alkanes of at least 4 members (excludes halogenated alkanes) is 1. The summed E-state index contributed by atoms with van der Waals surface area (Å²) in [5, 5.41) is 0. The summed E-state index contributed by atoms with van der Waals surface area (Å²) >= 11 is 0. The van der Waals surface area contributed by atoms with E-state index in [0.717, 1.165) is 12.8 Å². The van der Waals surface area contributed by atoms with Crippen LogP contribution in [-0.4, -0.2) is 36.5 Å². The number of esters is 1. The Morgan fingerprint density at radius 3 is 2.33 bits per heavy atom. The topological polar surface area (TPSA) is 46.6 Å². The van der Waals surface area contributed by atoms with E-state index in [-0.39, 0.29) is 18.5 Å². The first-order chi connectivity index (χ1) is 8.32. The third-order valence-corrected chi connectivity index (χ3v) is 2.47. The van der Waals surface area contributed by atoms with Crippen molar-refractivity contribution in [2.75, 3.05) is 19.7 Å². The first-order valence-corrected chi connectivity index (χ1v) is 6.41. The van der Waals surface area contributed by atoms with Crippen LogP contribution in [0.3, 0.4) is 0 Å². The molecule has 0 aliphatic heterocycles. The normalized spacial score (nSPS) is 10.9. The molecular formula is C14H25NO3. The molecule has 0 unspecified atom stereocenters. The molecule has 104 valence electrons. The largest absolute Gasteiger partial charge is 0.463 e. The molecular weight excluding hydrogens is 230 g/mol. The summed E-state index contributed by atoms with van der Waals surface area (Å²) in [6.07, 6.45) is 3.25. The Kier molecular flexibility index (Phi) is 7.32. The highest BCUT2D eigenvalue weighted by atomic mass is 16.5. The van der Waals surface area contributed by atoms with Crippen molar-refractivity contribution < 1.29 is 14.3 Å². The highest BCUT2D eigenvalue weighted by Gasteiger charge is 2.23. The van der Waals surface area contributed by atoms with Crippen LogP contribution in [0.5, 0.6) is 0 Å². The minimum atomic E-state index is -0.503. The maximum atomic E-state index is 11.6. The van der Waals surface area contributed by atoms with Gasteiger partial charge in [0.2, 0.25) is 5.91 Å². The summed E-state index contributed by atoms with van der Waals surface area (Å²) in [6.45, 7) is 12.3. The molecule has 0 spiro atoms. The molecule has 4 heteroatoms. The van der Waals surface area contributed by atoms with Crippen LogP contribution in [0, 0.1) is 5.41 Å². The van der Waals surface area contributed by atoms with E-state index >= 15 is 0 Å². The van der Waals surface area contributed by atoms with E-state index in [1.807, 2.05) is 0 Å². The van der Waals surface area contributed by atoms with E-state index < -0.39 is 5.41 Å². The molecule has 0 rings (SSSR count). The zero-order chi connectivity index (χ0) is 14.2. The number of hydrogen-bond acceptors (Lipinski definition) is 3. The zero-order valence-electron chi connectivity index (χ0n) is 12.0. The van der Waals surface area contributed by atoms with Gasteiger partial charge < -0.3 is 9.64 Å². The van der Waals surface area contributed by atoms with Gasteiger partial charge in [-0.15, -0.1) is 0 Å². The molecule has 0 saturated heterocycles. The third kappa shape index (κ3) is 6.42. The van der Waals surface area contributed by atoms with Crippen LogP contribution in [0.15, 0.2) is 12.7 Å². The minimum absolute atomic E-state index is 0.116. The van der Waals surface area contributed by atoms with Crippen molar-refractivity contribution in [2.45, 2.75) is 40.5 Å². The van der Waals surface area contributed by atoms with Crippen LogP contribution >= 0.6 is 0 Å². The smallest absolute Gasteiger partial charge is 0.311 e. The average Bonchev–Trinajstić information content (AvgIpc) is 2.31. The summed E-state index contributed by atoms with van der Waals surface area (Å²) in [7, 11) is 0. The molecule has 0 N–H and O–H groups in total. The maximum Gasteiger partial charge on any atom is 0.311 e. The monoisotopic (exact) mass is 255 g/mol. The molecule has 0 aromatic carbocycles. The fourth-order valence-corrected chi connectivity index (χ4v) is 1.28. The van der Waals surface area contributed by atoms with Gasteiger partial charge in [0.15, 0.2) is 0 Å². The van der Waals surface area contributed by atoms with Gasteiger partial charge in [-0.1, -0.05) is 19.9 Å². The van der Waals surface area contributed by atoms with E-state index in [9.17, 15) is 9.59 Å². The summed E-state index contributed by atoms with van der Waals surface area (Å²) in [5.41, 5.74) is -0.503. The second-order valence-corrected chi connectivity index (χ2v) is 5.27. The van der Waals surface area contributed by atoms with E-state index in [4.69, 9.17) is 4.74 Å². The highest BCUT2D eigenvalue weighted by molar-refractivity contribution is 5.87. The number of ether oxygens (including phenoxy) is 1. The quantitative estimate of drug-likeness (QED) is 0.518. The molecule has 0 fully saturated rings. The van der Waals surface area contributed by atoms with Crippen LogP contribution in [0.1, 0.15) is 40.5 Å². The Balaban J connectivity index is 4.15. The fourth-order valence-electron chi connectivity index (χ4n) is 1.28. The summed E-state index contributed by atoms with van der Waals surface area (Å²) in [6, 6.07) is 0. The average molecular weight is 255 g/mol. The highest BCUT2D eigenvalue weighted by Crippen LogP contribution is 2.14. The number of amides is 1. The molecule has 0 aromatic heterocycles. The van der Waals surface area contributed by atoms with Crippen LogP contribution in [0.2, 0.25) is 0 Å². The van der Waals surface area contributed by atoms with Crippen molar-refractivity contribution in [3.63, 3.8) is 0 Å². The Labute approximate surface area is 110 Å². The Hall–Kier alpha value is -1.32. The van der Waals surface area contributed by atoms with Gasteiger partial charge >= 0.3 is 5.97 Å². The SMILES string of the molecule is C=CC(=O)N(CCCC)CCOC(=O)C(C)(C)C. The number of nitrogens with zero attached hydrogens (tertiary/aromatic N) is 1. The molecule has 0 aromatic rings. The molecule has 18 heavy (non-hydrogen) atoms. The standard InChI is InChI=1S/C14H25NO3/c1-6-8-9-15(12(16)7-2)10-11-18-13(17)14(3,4)5/h7H,2,6,8-11H2,1,3-5H3. The van der Waals surface area contributed by atoms with Crippen molar-refractivity contribution in [2.24, 2.45) is 5.41 Å². The maximum absolute atomic E-state index is 11.6. The summed E-state index contributed by atoms with van der Waals surface area (Å²) in [5.74, 6) is -0.362. The number of rotatable bonds is 7. The number of carbonyl (C=O) groups is 2. The lowest BCUT2D eigenvalue weighted by Gasteiger charge is -2.22. The molecule has 0 heterocycles. The molecule has 0 atom stereocenters. The molecule has 1 amide bonds. The lowest BCUT2D eigenvalue weighted by molar-refractivity contribution is -0.154. The van der Waals surface area contributed by atoms with Gasteiger partial charge in [-0.3, -0.25) is 9.59 Å². The van der Waals surface area contributed by atoms with Crippen molar-refractivity contribution >= 4 is 11.9 Å². The van der Waals surface area contributed by atoms with Gasteiger partial charge in [-0.2, -0.15) is 0 Å². The van der Waals surface area contributed by atoms with E-state index in [0.29, 0.717) is 13.1 Å².